The molecule has 8 aromatic carbocycles. The van der Waals surface area contributed by atoms with Gasteiger partial charge in [0.1, 0.15) is 0 Å². The summed E-state index contributed by atoms with van der Waals surface area (Å²) in [6, 6.07) is 58.1. The largest absolute Gasteiger partial charge is 2.00 e. The van der Waals surface area contributed by atoms with Crippen LogP contribution in [0.3, 0.4) is 0 Å². The standard InChI is InChI=1S/2C21H15NS2.Ca/c2*23-21(24)22(19-13-5-9-15-7-1-3-11-17(15)19)20-14-6-10-16-8-2-4-12-18(16)20;/h2*1-14H,(H,23,24);/q;;+2/p-2. The molecule has 7 heteroatoms. The molecule has 8 rings (SSSR count). The number of thiocarbonyl (C=S) groups is 2. The van der Waals surface area contributed by atoms with E-state index < -0.39 is 0 Å². The fourth-order valence-corrected chi connectivity index (χ4v) is 7.05. The summed E-state index contributed by atoms with van der Waals surface area (Å²) in [5.74, 6) is 0. The van der Waals surface area contributed by atoms with Gasteiger partial charge in [0, 0.05) is 21.5 Å². The minimum Gasteiger partial charge on any atom is -0.411 e. The van der Waals surface area contributed by atoms with E-state index in [0.717, 1.165) is 44.3 Å². The van der Waals surface area contributed by atoms with E-state index in [-0.39, 0.29) is 37.7 Å². The molecule has 0 amide bonds. The summed E-state index contributed by atoms with van der Waals surface area (Å²) in [7, 11) is 0. The van der Waals surface area contributed by atoms with Crippen molar-refractivity contribution in [2.24, 2.45) is 0 Å². The number of hydrogen-bond acceptors (Lipinski definition) is 4. The first kappa shape index (κ1) is 35.1. The predicted molar refractivity (Wildman–Crippen MR) is 226 cm³/mol. The van der Waals surface area contributed by atoms with Crippen molar-refractivity contribution in [2.45, 2.75) is 0 Å². The van der Waals surface area contributed by atoms with Crippen LogP contribution in [0, 0.1) is 0 Å². The molecule has 0 aliphatic heterocycles. The second-order valence-corrected chi connectivity index (χ2v) is 13.3. The van der Waals surface area contributed by atoms with Gasteiger partial charge >= 0.3 is 37.7 Å². The van der Waals surface area contributed by atoms with E-state index in [4.69, 9.17) is 49.7 Å². The fourth-order valence-electron chi connectivity index (χ4n) is 6.27. The van der Waals surface area contributed by atoms with E-state index in [2.05, 4.69) is 97.1 Å². The molecule has 8 aromatic rings. The molecule has 2 nitrogen and oxygen atoms in total. The molecular weight excluding hydrogens is 701 g/mol. The molecule has 0 heterocycles. The summed E-state index contributed by atoms with van der Waals surface area (Å²) in [6.07, 6.45) is 0. The van der Waals surface area contributed by atoms with Gasteiger partial charge in [0.15, 0.2) is 0 Å². The summed E-state index contributed by atoms with van der Waals surface area (Å²) in [5, 5.41) is 9.25. The van der Waals surface area contributed by atoms with Gasteiger partial charge in [-0.3, -0.25) is 0 Å². The number of rotatable bonds is 4. The average molecular weight is 729 g/mol. The van der Waals surface area contributed by atoms with Gasteiger partial charge in [-0.05, 0) is 45.8 Å². The van der Waals surface area contributed by atoms with E-state index in [9.17, 15) is 0 Å². The third-order valence-corrected chi connectivity index (χ3v) is 9.13. The van der Waals surface area contributed by atoms with Crippen molar-refractivity contribution in [1.29, 1.82) is 0 Å². The average Bonchev–Trinajstić information content (AvgIpc) is 3.12. The van der Waals surface area contributed by atoms with Gasteiger partial charge in [0.25, 0.3) is 0 Å². The molecule has 0 saturated heterocycles. The van der Waals surface area contributed by atoms with Gasteiger partial charge in [0.2, 0.25) is 0 Å². The fraction of sp³-hybridized carbons (Fsp3) is 0. The molecule has 0 radical (unpaired) electrons. The van der Waals surface area contributed by atoms with Crippen LogP contribution >= 0.6 is 24.4 Å². The van der Waals surface area contributed by atoms with E-state index >= 15 is 0 Å². The number of anilines is 4. The Labute approximate surface area is 338 Å². The Morgan fingerprint density at radius 2 is 0.531 bits per heavy atom. The minimum atomic E-state index is 0. The van der Waals surface area contributed by atoms with Crippen LogP contribution in [0.1, 0.15) is 0 Å². The summed E-state index contributed by atoms with van der Waals surface area (Å²) in [6.45, 7) is 0. The van der Waals surface area contributed by atoms with Crippen molar-refractivity contribution >= 4 is 162 Å². The molecular formula is C42H28CaN2S4. The first-order chi connectivity index (χ1) is 23.5. The smallest absolute Gasteiger partial charge is 0.411 e. The van der Waals surface area contributed by atoms with E-state index in [0.29, 0.717) is 8.64 Å². The van der Waals surface area contributed by atoms with Gasteiger partial charge in [-0.2, -0.15) is 0 Å². The maximum atomic E-state index is 5.45. The number of nitrogens with zero attached hydrogens (tertiary/aromatic N) is 2. The predicted octanol–water partition coefficient (Wildman–Crippen LogP) is 11.5. The van der Waals surface area contributed by atoms with Crippen molar-refractivity contribution in [1.82, 2.24) is 0 Å². The van der Waals surface area contributed by atoms with Crippen molar-refractivity contribution in [3.05, 3.63) is 170 Å². The van der Waals surface area contributed by atoms with Gasteiger partial charge < -0.3 is 59.5 Å². The van der Waals surface area contributed by atoms with Crippen molar-refractivity contribution in [3.63, 3.8) is 0 Å². The second kappa shape index (κ2) is 15.9. The van der Waals surface area contributed by atoms with Gasteiger partial charge in [0.05, 0.1) is 22.7 Å². The maximum Gasteiger partial charge on any atom is 2.00 e. The maximum absolute atomic E-state index is 5.45. The second-order valence-electron chi connectivity index (χ2n) is 11.2. The van der Waals surface area contributed by atoms with Crippen LogP contribution in [0.25, 0.3) is 43.1 Å². The molecule has 0 spiro atoms. The Bertz CT molecular complexity index is 2110. The summed E-state index contributed by atoms with van der Waals surface area (Å²) in [5.41, 5.74) is 4.07. The molecule has 232 valence electrons. The normalized spacial score (nSPS) is 10.6. The quantitative estimate of drug-likeness (QED) is 0.100. The van der Waals surface area contributed by atoms with E-state index in [1.165, 1.54) is 21.5 Å². The molecule has 0 aliphatic carbocycles. The monoisotopic (exact) mass is 728 g/mol. The van der Waals surface area contributed by atoms with E-state index in [1.807, 2.05) is 82.6 Å². The van der Waals surface area contributed by atoms with Crippen LogP contribution in [0.4, 0.5) is 22.7 Å². The van der Waals surface area contributed by atoms with Gasteiger partial charge in [-0.1, -0.05) is 154 Å². The Morgan fingerprint density at radius 3 is 0.755 bits per heavy atom. The van der Waals surface area contributed by atoms with Crippen LogP contribution in [-0.4, -0.2) is 46.4 Å². The van der Waals surface area contributed by atoms with Gasteiger partial charge in [-0.25, -0.2) is 0 Å². The third kappa shape index (κ3) is 7.28. The van der Waals surface area contributed by atoms with Crippen molar-refractivity contribution < 1.29 is 0 Å². The van der Waals surface area contributed by atoms with Crippen LogP contribution in [0.15, 0.2) is 170 Å². The Hall–Kier alpha value is -3.72. The van der Waals surface area contributed by atoms with Crippen LogP contribution in [0.2, 0.25) is 0 Å². The number of hydrogen-bond donors (Lipinski definition) is 0. The summed E-state index contributed by atoms with van der Waals surface area (Å²) >= 11 is 21.8. The topological polar surface area (TPSA) is 6.48 Å². The molecule has 0 aromatic heterocycles. The van der Waals surface area contributed by atoms with Crippen molar-refractivity contribution in [3.8, 4) is 0 Å². The molecule has 0 unspecified atom stereocenters. The SMILES string of the molecule is S=C([S-])N(c1cccc2ccccc12)c1cccc2ccccc12.S=C([S-])N(c1cccc2ccccc12)c1cccc2ccccc12.[Ca+2]. The third-order valence-electron chi connectivity index (χ3n) is 8.40. The zero-order chi connectivity index (χ0) is 33.0. The van der Waals surface area contributed by atoms with Gasteiger partial charge in [-0.15, -0.1) is 0 Å². The summed E-state index contributed by atoms with van der Waals surface area (Å²) < 4.78 is 0.838. The van der Waals surface area contributed by atoms with E-state index in [1.54, 1.807) is 0 Å². The van der Waals surface area contributed by atoms with Crippen LogP contribution in [0.5, 0.6) is 0 Å². The summed E-state index contributed by atoms with van der Waals surface area (Å²) in [4.78, 5) is 3.99. The number of fused-ring (bicyclic) bond motifs is 4. The van der Waals surface area contributed by atoms with Crippen molar-refractivity contribution in [2.75, 3.05) is 9.80 Å². The first-order valence-corrected chi connectivity index (χ1v) is 17.1. The zero-order valence-electron chi connectivity index (χ0n) is 26.4. The Morgan fingerprint density at radius 1 is 0.327 bits per heavy atom. The number of benzene rings is 8. The molecule has 0 fully saturated rings. The zero-order valence-corrected chi connectivity index (χ0v) is 31.9. The minimum absolute atomic E-state index is 0. The Kier molecular flexibility index (Phi) is 11.4. The van der Waals surface area contributed by atoms with Crippen LogP contribution < -0.4 is 9.80 Å². The molecule has 0 atom stereocenters. The molecule has 0 bridgehead atoms. The Balaban J connectivity index is 0.000000167. The molecule has 0 saturated carbocycles. The molecule has 0 N–H and O–H groups in total. The molecule has 0 aliphatic rings. The molecule has 49 heavy (non-hydrogen) atoms. The van der Waals surface area contributed by atoms with Crippen LogP contribution in [-0.2, 0) is 25.3 Å². The first-order valence-electron chi connectivity index (χ1n) is 15.4.